The quantitative estimate of drug-likeness (QED) is 0.758. The Hall–Kier alpha value is -2.19. The first-order valence-corrected chi connectivity index (χ1v) is 8.62. The first kappa shape index (κ1) is 16.7. The van der Waals surface area contributed by atoms with Crippen LogP contribution in [0.15, 0.2) is 6.33 Å². The Labute approximate surface area is 140 Å². The molecule has 0 bridgehead atoms. The molecule has 2 aliphatic heterocycles. The number of piperidine rings is 1. The van der Waals surface area contributed by atoms with Crippen LogP contribution in [-0.4, -0.2) is 73.8 Å². The molecular weight excluding hydrogens is 312 g/mol. The minimum atomic E-state index is -0.199. The minimum absolute atomic E-state index is 0.00674. The highest BCUT2D eigenvalue weighted by atomic mass is 16.6. The number of hydrogen-bond donors (Lipinski definition) is 0. The molecule has 24 heavy (non-hydrogen) atoms. The molecule has 0 spiro atoms. The summed E-state index contributed by atoms with van der Waals surface area (Å²) in [4.78, 5) is 28.1. The molecule has 2 saturated heterocycles. The van der Waals surface area contributed by atoms with E-state index in [1.807, 2.05) is 9.80 Å². The second kappa shape index (κ2) is 7.59. The van der Waals surface area contributed by atoms with Gasteiger partial charge in [0.25, 0.3) is 0 Å². The molecule has 3 rings (SSSR count). The second-order valence-corrected chi connectivity index (χ2v) is 6.40. The maximum Gasteiger partial charge on any atom is 0.410 e. The van der Waals surface area contributed by atoms with E-state index in [4.69, 9.17) is 4.74 Å². The first-order valence-electron chi connectivity index (χ1n) is 8.62. The normalized spacial score (nSPS) is 22.0. The van der Waals surface area contributed by atoms with E-state index in [1.165, 1.54) is 11.0 Å². The molecule has 1 aromatic heterocycles. The SMILES string of the molecule is CCCCC1COC(=O)N1C1CCN(C(=O)Cn2cnnn2)CC1. The molecular formula is C15H24N6O3. The van der Waals surface area contributed by atoms with Crippen LogP contribution in [0.3, 0.4) is 0 Å². The number of unbranched alkanes of at least 4 members (excludes halogenated alkanes) is 1. The zero-order chi connectivity index (χ0) is 16.9. The predicted octanol–water partition coefficient (Wildman–Crippen LogP) is 0.675. The lowest BCUT2D eigenvalue weighted by molar-refractivity contribution is -0.133. The van der Waals surface area contributed by atoms with Crippen LogP contribution in [-0.2, 0) is 16.1 Å². The fraction of sp³-hybridized carbons (Fsp3) is 0.800. The zero-order valence-corrected chi connectivity index (χ0v) is 14.0. The number of aromatic nitrogens is 4. The van der Waals surface area contributed by atoms with Crippen molar-refractivity contribution in [3.05, 3.63) is 6.33 Å². The van der Waals surface area contributed by atoms with Crippen molar-refractivity contribution in [2.75, 3.05) is 19.7 Å². The van der Waals surface area contributed by atoms with E-state index < -0.39 is 0 Å². The summed E-state index contributed by atoms with van der Waals surface area (Å²) in [5.41, 5.74) is 0. The van der Waals surface area contributed by atoms with Crippen molar-refractivity contribution in [1.29, 1.82) is 0 Å². The van der Waals surface area contributed by atoms with Crippen molar-refractivity contribution in [2.45, 2.75) is 57.7 Å². The predicted molar refractivity (Wildman–Crippen MR) is 83.9 cm³/mol. The largest absolute Gasteiger partial charge is 0.447 e. The highest BCUT2D eigenvalue weighted by Gasteiger charge is 2.39. The van der Waals surface area contributed by atoms with Gasteiger partial charge in [0.1, 0.15) is 19.5 Å². The molecule has 0 saturated carbocycles. The van der Waals surface area contributed by atoms with E-state index in [9.17, 15) is 9.59 Å². The highest BCUT2D eigenvalue weighted by Crippen LogP contribution is 2.26. The summed E-state index contributed by atoms with van der Waals surface area (Å²) in [6, 6.07) is 0.352. The molecule has 132 valence electrons. The summed E-state index contributed by atoms with van der Waals surface area (Å²) in [5.74, 6) is 0.00674. The lowest BCUT2D eigenvalue weighted by Gasteiger charge is -2.37. The fourth-order valence-corrected chi connectivity index (χ4v) is 3.47. The van der Waals surface area contributed by atoms with Gasteiger partial charge in [-0.05, 0) is 29.7 Å². The molecule has 2 aliphatic rings. The van der Waals surface area contributed by atoms with E-state index >= 15 is 0 Å². The highest BCUT2D eigenvalue weighted by molar-refractivity contribution is 5.76. The third-order valence-electron chi connectivity index (χ3n) is 4.79. The number of carbonyl (C=O) groups is 2. The summed E-state index contributed by atoms with van der Waals surface area (Å²) in [6.45, 7) is 4.10. The number of tetrazole rings is 1. The van der Waals surface area contributed by atoms with Crippen LogP contribution in [0.5, 0.6) is 0 Å². The van der Waals surface area contributed by atoms with Gasteiger partial charge in [-0.1, -0.05) is 19.8 Å². The molecule has 0 aromatic carbocycles. The number of carbonyl (C=O) groups excluding carboxylic acids is 2. The van der Waals surface area contributed by atoms with Gasteiger partial charge in [0.15, 0.2) is 0 Å². The van der Waals surface area contributed by atoms with Crippen LogP contribution < -0.4 is 0 Å². The van der Waals surface area contributed by atoms with E-state index in [2.05, 4.69) is 22.4 Å². The van der Waals surface area contributed by atoms with Crippen molar-refractivity contribution in [3.8, 4) is 0 Å². The summed E-state index contributed by atoms with van der Waals surface area (Å²) < 4.78 is 6.68. The molecule has 9 nitrogen and oxygen atoms in total. The molecule has 3 heterocycles. The molecule has 1 aromatic rings. The third kappa shape index (κ3) is 3.65. The number of amides is 2. The Morgan fingerprint density at radius 2 is 2.17 bits per heavy atom. The standard InChI is InChI=1S/C15H24N6O3/c1-2-3-4-13-10-24-15(23)21(13)12-5-7-19(8-6-12)14(22)9-20-11-16-17-18-20/h11-13H,2-10H2,1H3. The second-order valence-electron chi connectivity index (χ2n) is 6.40. The number of likely N-dealkylation sites (tertiary alicyclic amines) is 1. The Bertz CT molecular complexity index is 556. The van der Waals surface area contributed by atoms with Gasteiger partial charge in [0, 0.05) is 19.1 Å². The number of cyclic esters (lactones) is 1. The van der Waals surface area contributed by atoms with Crippen LogP contribution in [0.25, 0.3) is 0 Å². The van der Waals surface area contributed by atoms with E-state index in [-0.39, 0.29) is 30.6 Å². The number of nitrogens with zero attached hydrogens (tertiary/aromatic N) is 6. The number of rotatable bonds is 6. The van der Waals surface area contributed by atoms with E-state index in [0.717, 1.165) is 32.1 Å². The fourth-order valence-electron chi connectivity index (χ4n) is 3.47. The molecule has 0 aliphatic carbocycles. The Morgan fingerprint density at radius 3 is 2.83 bits per heavy atom. The number of hydrogen-bond acceptors (Lipinski definition) is 6. The molecule has 2 amide bonds. The first-order chi connectivity index (χ1) is 11.7. The molecule has 9 heteroatoms. The molecule has 0 N–H and O–H groups in total. The average molecular weight is 336 g/mol. The van der Waals surface area contributed by atoms with Gasteiger partial charge in [-0.2, -0.15) is 0 Å². The smallest absolute Gasteiger partial charge is 0.410 e. The lowest BCUT2D eigenvalue weighted by Crippen LogP contribution is -2.50. The topological polar surface area (TPSA) is 93.5 Å². The third-order valence-corrected chi connectivity index (χ3v) is 4.79. The summed E-state index contributed by atoms with van der Waals surface area (Å²) in [6.07, 6.45) is 6.01. The molecule has 0 radical (unpaired) electrons. The van der Waals surface area contributed by atoms with Gasteiger partial charge >= 0.3 is 6.09 Å². The van der Waals surface area contributed by atoms with Crippen LogP contribution in [0, 0.1) is 0 Å². The Balaban J connectivity index is 1.52. The maximum absolute atomic E-state index is 12.3. The van der Waals surface area contributed by atoms with Gasteiger partial charge in [-0.3, -0.25) is 9.69 Å². The van der Waals surface area contributed by atoms with Crippen molar-refractivity contribution in [1.82, 2.24) is 30.0 Å². The van der Waals surface area contributed by atoms with Crippen LogP contribution in [0.4, 0.5) is 4.79 Å². The van der Waals surface area contributed by atoms with Crippen molar-refractivity contribution < 1.29 is 14.3 Å². The monoisotopic (exact) mass is 336 g/mol. The molecule has 1 atom stereocenters. The van der Waals surface area contributed by atoms with Gasteiger partial charge in [-0.25, -0.2) is 9.48 Å². The van der Waals surface area contributed by atoms with E-state index in [0.29, 0.717) is 19.7 Å². The Morgan fingerprint density at radius 1 is 1.38 bits per heavy atom. The van der Waals surface area contributed by atoms with Gasteiger partial charge in [0.05, 0.1) is 6.04 Å². The average Bonchev–Trinajstić information content (AvgIpc) is 3.23. The molecule has 1 unspecified atom stereocenters. The van der Waals surface area contributed by atoms with Crippen molar-refractivity contribution in [2.24, 2.45) is 0 Å². The maximum atomic E-state index is 12.3. The summed E-state index contributed by atoms with van der Waals surface area (Å²) in [7, 11) is 0. The van der Waals surface area contributed by atoms with Gasteiger partial charge < -0.3 is 9.64 Å². The van der Waals surface area contributed by atoms with Crippen molar-refractivity contribution >= 4 is 12.0 Å². The minimum Gasteiger partial charge on any atom is -0.447 e. The van der Waals surface area contributed by atoms with Crippen LogP contribution >= 0.6 is 0 Å². The van der Waals surface area contributed by atoms with Crippen molar-refractivity contribution in [3.63, 3.8) is 0 Å². The Kier molecular flexibility index (Phi) is 5.27. The molecule has 2 fully saturated rings. The van der Waals surface area contributed by atoms with Gasteiger partial charge in [0.2, 0.25) is 5.91 Å². The summed E-state index contributed by atoms with van der Waals surface area (Å²) >= 11 is 0. The van der Waals surface area contributed by atoms with Crippen LogP contribution in [0.1, 0.15) is 39.0 Å². The lowest BCUT2D eigenvalue weighted by atomic mass is 10.00. The van der Waals surface area contributed by atoms with Gasteiger partial charge in [-0.15, -0.1) is 5.10 Å². The van der Waals surface area contributed by atoms with E-state index in [1.54, 1.807) is 0 Å². The summed E-state index contributed by atoms with van der Waals surface area (Å²) in [5, 5.41) is 10.8. The zero-order valence-electron chi connectivity index (χ0n) is 14.0. The number of ether oxygens (including phenoxy) is 1. The van der Waals surface area contributed by atoms with Crippen LogP contribution in [0.2, 0.25) is 0 Å².